The molecule has 9 nitrogen and oxygen atoms in total. The number of benzene rings is 1. The highest BCUT2D eigenvalue weighted by Gasteiger charge is 2.24. The van der Waals surface area contributed by atoms with E-state index in [0.717, 1.165) is 0 Å². The third kappa shape index (κ3) is 6.48. The van der Waals surface area contributed by atoms with Crippen LogP contribution in [0.1, 0.15) is 26.7 Å². The molecule has 9 heteroatoms. The largest absolute Gasteiger partial charge is 0.495 e. The number of amides is 3. The van der Waals surface area contributed by atoms with Crippen LogP contribution < -0.4 is 10.1 Å². The first-order valence-electron chi connectivity index (χ1n) is 9.48. The van der Waals surface area contributed by atoms with Gasteiger partial charge in [-0.1, -0.05) is 12.1 Å². The minimum absolute atomic E-state index is 0.000246. The van der Waals surface area contributed by atoms with Crippen LogP contribution >= 0.6 is 0 Å². The van der Waals surface area contributed by atoms with E-state index in [1.165, 1.54) is 21.0 Å². The van der Waals surface area contributed by atoms with Gasteiger partial charge in [0.25, 0.3) is 5.91 Å². The molecule has 29 heavy (non-hydrogen) atoms. The number of anilines is 1. The molecule has 0 aliphatic carbocycles. The average molecular weight is 405 g/mol. The van der Waals surface area contributed by atoms with Crippen LogP contribution in [0.25, 0.3) is 0 Å². The molecule has 0 bridgehead atoms. The minimum Gasteiger partial charge on any atom is -0.495 e. The molecule has 0 spiro atoms. The molecule has 1 aromatic rings. The average Bonchev–Trinajstić information content (AvgIpc) is 2.72. The van der Waals surface area contributed by atoms with Gasteiger partial charge in [0.2, 0.25) is 11.8 Å². The number of nitrogens with one attached hydrogen (secondary N) is 1. The number of piperazine rings is 1. The van der Waals surface area contributed by atoms with Crippen LogP contribution in [-0.4, -0.2) is 72.9 Å². The van der Waals surface area contributed by atoms with Gasteiger partial charge in [0, 0.05) is 39.5 Å². The van der Waals surface area contributed by atoms with Crippen molar-refractivity contribution in [2.24, 2.45) is 0 Å². The number of para-hydroxylation sites is 2. The molecule has 1 fully saturated rings. The van der Waals surface area contributed by atoms with E-state index in [9.17, 15) is 19.2 Å². The van der Waals surface area contributed by atoms with Gasteiger partial charge in [0.05, 0.1) is 19.2 Å². The number of nitrogens with zero attached hydrogens (tertiary/aromatic N) is 2. The predicted octanol–water partition coefficient (Wildman–Crippen LogP) is 1.04. The summed E-state index contributed by atoms with van der Waals surface area (Å²) < 4.78 is 10.3. The van der Waals surface area contributed by atoms with Gasteiger partial charge in [-0.15, -0.1) is 0 Å². The fourth-order valence-electron chi connectivity index (χ4n) is 2.93. The molecule has 1 saturated heterocycles. The maximum atomic E-state index is 12.2. The number of ether oxygens (including phenoxy) is 2. The SMILES string of the molecule is COc1ccccc1NC(=O)[C@@H](C)OC(=O)CCC(=O)N1CCN(C(C)=O)CC1. The van der Waals surface area contributed by atoms with Crippen molar-refractivity contribution in [2.45, 2.75) is 32.8 Å². The van der Waals surface area contributed by atoms with Crippen molar-refractivity contribution in [1.82, 2.24) is 9.80 Å². The van der Waals surface area contributed by atoms with E-state index in [1.807, 2.05) is 0 Å². The van der Waals surface area contributed by atoms with Gasteiger partial charge in [-0.25, -0.2) is 0 Å². The van der Waals surface area contributed by atoms with Crippen molar-refractivity contribution in [1.29, 1.82) is 0 Å². The van der Waals surface area contributed by atoms with E-state index in [1.54, 1.807) is 34.1 Å². The molecule has 1 aliphatic heterocycles. The zero-order valence-electron chi connectivity index (χ0n) is 17.0. The fourth-order valence-corrected chi connectivity index (χ4v) is 2.93. The molecule has 0 aromatic heterocycles. The van der Waals surface area contributed by atoms with Crippen molar-refractivity contribution in [2.75, 3.05) is 38.6 Å². The molecule has 1 heterocycles. The first-order chi connectivity index (χ1) is 13.8. The highest BCUT2D eigenvalue weighted by molar-refractivity contribution is 5.96. The molecule has 0 saturated carbocycles. The Bertz CT molecular complexity index is 758. The maximum Gasteiger partial charge on any atom is 0.307 e. The molecule has 0 unspecified atom stereocenters. The number of rotatable bonds is 7. The summed E-state index contributed by atoms with van der Waals surface area (Å²) in [5.41, 5.74) is 0.475. The summed E-state index contributed by atoms with van der Waals surface area (Å²) in [6, 6.07) is 6.90. The van der Waals surface area contributed by atoms with Crippen LogP contribution in [0.2, 0.25) is 0 Å². The molecule has 158 valence electrons. The van der Waals surface area contributed by atoms with Crippen molar-refractivity contribution < 1.29 is 28.7 Å². The lowest BCUT2D eigenvalue weighted by Crippen LogP contribution is -2.50. The van der Waals surface area contributed by atoms with Crippen molar-refractivity contribution in [3.8, 4) is 5.75 Å². The molecular weight excluding hydrogens is 378 g/mol. The van der Waals surface area contributed by atoms with E-state index in [4.69, 9.17) is 9.47 Å². The number of hydrogen-bond acceptors (Lipinski definition) is 6. The van der Waals surface area contributed by atoms with Gasteiger partial charge in [-0.05, 0) is 19.1 Å². The summed E-state index contributed by atoms with van der Waals surface area (Å²) >= 11 is 0. The topological polar surface area (TPSA) is 105 Å². The summed E-state index contributed by atoms with van der Waals surface area (Å²) in [5.74, 6) is -0.801. The number of carbonyl (C=O) groups excluding carboxylic acids is 4. The zero-order valence-corrected chi connectivity index (χ0v) is 17.0. The molecule has 3 amide bonds. The Balaban J connectivity index is 1.74. The van der Waals surface area contributed by atoms with Crippen molar-refractivity contribution in [3.05, 3.63) is 24.3 Å². The van der Waals surface area contributed by atoms with Gasteiger partial charge in [-0.3, -0.25) is 19.2 Å². The van der Waals surface area contributed by atoms with E-state index < -0.39 is 18.0 Å². The highest BCUT2D eigenvalue weighted by Crippen LogP contribution is 2.23. The molecular formula is C20H27N3O6. The number of hydrogen-bond donors (Lipinski definition) is 1. The van der Waals surface area contributed by atoms with Gasteiger partial charge in [-0.2, -0.15) is 0 Å². The third-order valence-corrected chi connectivity index (χ3v) is 4.66. The summed E-state index contributed by atoms with van der Waals surface area (Å²) in [6.07, 6.45) is -1.13. The van der Waals surface area contributed by atoms with Gasteiger partial charge in [0.15, 0.2) is 6.10 Å². The second-order valence-corrected chi connectivity index (χ2v) is 6.71. The lowest BCUT2D eigenvalue weighted by Gasteiger charge is -2.34. The lowest BCUT2D eigenvalue weighted by molar-refractivity contribution is -0.154. The predicted molar refractivity (Wildman–Crippen MR) is 105 cm³/mol. The van der Waals surface area contributed by atoms with Crippen LogP contribution in [0, 0.1) is 0 Å². The summed E-state index contributed by atoms with van der Waals surface area (Å²) in [7, 11) is 1.49. The van der Waals surface area contributed by atoms with E-state index >= 15 is 0 Å². The molecule has 2 rings (SSSR count). The Morgan fingerprint density at radius 1 is 1.03 bits per heavy atom. The van der Waals surface area contributed by atoms with Crippen molar-refractivity contribution in [3.63, 3.8) is 0 Å². The van der Waals surface area contributed by atoms with E-state index in [2.05, 4.69) is 5.32 Å². The number of methoxy groups -OCH3 is 1. The zero-order chi connectivity index (χ0) is 21.4. The molecule has 1 aliphatic rings. The monoisotopic (exact) mass is 405 g/mol. The summed E-state index contributed by atoms with van der Waals surface area (Å²) in [5, 5.41) is 2.65. The van der Waals surface area contributed by atoms with Crippen LogP contribution in [-0.2, 0) is 23.9 Å². The van der Waals surface area contributed by atoms with Crippen LogP contribution in [0.15, 0.2) is 24.3 Å². The fraction of sp³-hybridized carbons (Fsp3) is 0.500. The highest BCUT2D eigenvalue weighted by atomic mass is 16.5. The second kappa shape index (κ2) is 10.4. The molecule has 1 N–H and O–H groups in total. The minimum atomic E-state index is -1.01. The Morgan fingerprint density at radius 2 is 1.66 bits per heavy atom. The second-order valence-electron chi connectivity index (χ2n) is 6.71. The normalized spacial score (nSPS) is 14.7. The third-order valence-electron chi connectivity index (χ3n) is 4.66. The first-order valence-corrected chi connectivity index (χ1v) is 9.48. The van der Waals surface area contributed by atoms with E-state index in [0.29, 0.717) is 37.6 Å². The first kappa shape index (κ1) is 22.2. The Kier molecular flexibility index (Phi) is 7.99. The summed E-state index contributed by atoms with van der Waals surface area (Å²) in [4.78, 5) is 51.1. The van der Waals surface area contributed by atoms with Crippen LogP contribution in [0.4, 0.5) is 5.69 Å². The standard InChI is InChI=1S/C20H27N3O6/c1-14(20(27)21-16-6-4-5-7-17(16)28-3)29-19(26)9-8-18(25)23-12-10-22(11-13-23)15(2)24/h4-7,14H,8-13H2,1-3H3,(H,21,27)/t14-/m1/s1. The number of carbonyl (C=O) groups is 4. The maximum absolute atomic E-state index is 12.2. The Labute approximate surface area is 169 Å². The molecule has 0 radical (unpaired) electrons. The molecule has 1 aromatic carbocycles. The quantitative estimate of drug-likeness (QED) is 0.680. The summed E-state index contributed by atoms with van der Waals surface area (Å²) in [6.45, 7) is 4.85. The Morgan fingerprint density at radius 3 is 2.28 bits per heavy atom. The van der Waals surface area contributed by atoms with Gasteiger partial charge in [0.1, 0.15) is 5.75 Å². The number of esters is 1. The van der Waals surface area contributed by atoms with Crippen LogP contribution in [0.3, 0.4) is 0 Å². The van der Waals surface area contributed by atoms with Crippen molar-refractivity contribution >= 4 is 29.4 Å². The molecule has 1 atom stereocenters. The lowest BCUT2D eigenvalue weighted by atomic mass is 10.2. The van der Waals surface area contributed by atoms with Gasteiger partial charge >= 0.3 is 5.97 Å². The van der Waals surface area contributed by atoms with Crippen LogP contribution in [0.5, 0.6) is 5.75 Å². The smallest absolute Gasteiger partial charge is 0.307 e. The van der Waals surface area contributed by atoms with E-state index in [-0.39, 0.29) is 24.7 Å². The Hall–Kier alpha value is -3.10. The van der Waals surface area contributed by atoms with Gasteiger partial charge < -0.3 is 24.6 Å².